The average Bonchev–Trinajstić information content (AvgIpc) is 2.72. The van der Waals surface area contributed by atoms with E-state index in [0.717, 1.165) is 6.42 Å². The van der Waals surface area contributed by atoms with E-state index in [1.165, 1.54) is 4.90 Å². The van der Waals surface area contributed by atoms with Crippen molar-refractivity contribution in [2.45, 2.75) is 51.4 Å². The van der Waals surface area contributed by atoms with E-state index in [0.29, 0.717) is 13.0 Å². The quantitative estimate of drug-likeness (QED) is 0.475. The summed E-state index contributed by atoms with van der Waals surface area (Å²) in [4.78, 5) is 16.1. The summed E-state index contributed by atoms with van der Waals surface area (Å²) < 4.78 is 5.28. The molecule has 18 heavy (non-hydrogen) atoms. The predicted octanol–water partition coefficient (Wildman–Crippen LogP) is 2.06. The Morgan fingerprint density at radius 2 is 2.33 bits per heavy atom. The van der Waals surface area contributed by atoms with Crippen LogP contribution in [0.25, 0.3) is 10.4 Å². The molecule has 0 spiro atoms. The molecule has 0 aromatic rings. The number of amides is 1. The zero-order chi connectivity index (χ0) is 13.8. The molecule has 7 heteroatoms. The van der Waals surface area contributed by atoms with Gasteiger partial charge in [0.15, 0.2) is 0 Å². The fourth-order valence-corrected chi connectivity index (χ4v) is 1.98. The molecule has 2 atom stereocenters. The van der Waals surface area contributed by atoms with Gasteiger partial charge in [-0.25, -0.2) is 4.79 Å². The van der Waals surface area contributed by atoms with E-state index in [1.54, 1.807) is 20.8 Å². The summed E-state index contributed by atoms with van der Waals surface area (Å²) in [5, 5.41) is 13.2. The Hall–Kier alpha value is -1.46. The molecule has 0 saturated carbocycles. The highest BCUT2D eigenvalue weighted by Gasteiger charge is 2.35. The van der Waals surface area contributed by atoms with Gasteiger partial charge in [-0.1, -0.05) is 5.11 Å². The van der Waals surface area contributed by atoms with E-state index >= 15 is 0 Å². The number of carbonyl (C=O) groups is 1. The van der Waals surface area contributed by atoms with Gasteiger partial charge in [0.05, 0.1) is 18.7 Å². The van der Waals surface area contributed by atoms with Gasteiger partial charge in [-0.05, 0) is 39.1 Å². The van der Waals surface area contributed by atoms with Crippen LogP contribution >= 0.6 is 0 Å². The SMILES string of the molecule is CC(C)(C)OC(=O)N1CCC[C@@H]1[C@@H](O)CN=[N+]=[N-]. The normalized spacial score (nSPS) is 21.3. The molecule has 1 rings (SSSR count). The Kier molecular flexibility index (Phi) is 4.81. The number of aliphatic hydroxyl groups excluding tert-OH is 1. The molecule has 1 aliphatic rings. The number of hydrogen-bond donors (Lipinski definition) is 1. The molecule has 0 aromatic heterocycles. The predicted molar refractivity (Wildman–Crippen MR) is 66.0 cm³/mol. The topological polar surface area (TPSA) is 98.5 Å². The fraction of sp³-hybridized carbons (Fsp3) is 0.909. The molecule has 102 valence electrons. The monoisotopic (exact) mass is 256 g/mol. The Labute approximate surface area is 106 Å². The van der Waals surface area contributed by atoms with Gasteiger partial charge in [-0.2, -0.15) is 0 Å². The van der Waals surface area contributed by atoms with Crippen LogP contribution < -0.4 is 0 Å². The van der Waals surface area contributed by atoms with E-state index in [1.807, 2.05) is 0 Å². The summed E-state index contributed by atoms with van der Waals surface area (Å²) in [7, 11) is 0. The van der Waals surface area contributed by atoms with Gasteiger partial charge in [0.1, 0.15) is 5.60 Å². The highest BCUT2D eigenvalue weighted by molar-refractivity contribution is 5.69. The van der Waals surface area contributed by atoms with E-state index in [2.05, 4.69) is 10.0 Å². The number of hydrogen-bond acceptors (Lipinski definition) is 4. The van der Waals surface area contributed by atoms with Gasteiger partial charge >= 0.3 is 6.09 Å². The molecule has 0 unspecified atom stereocenters. The van der Waals surface area contributed by atoms with E-state index < -0.39 is 17.8 Å². The number of carbonyl (C=O) groups excluding carboxylic acids is 1. The number of likely N-dealkylation sites (tertiary alicyclic amines) is 1. The van der Waals surface area contributed by atoms with Crippen molar-refractivity contribution in [2.24, 2.45) is 5.11 Å². The molecule has 7 nitrogen and oxygen atoms in total. The van der Waals surface area contributed by atoms with E-state index in [4.69, 9.17) is 10.3 Å². The first kappa shape index (κ1) is 14.6. The van der Waals surface area contributed by atoms with Crippen LogP contribution in [-0.2, 0) is 4.74 Å². The summed E-state index contributed by atoms with van der Waals surface area (Å²) in [6.45, 7) is 5.93. The zero-order valence-electron chi connectivity index (χ0n) is 11.0. The van der Waals surface area contributed by atoms with Crippen molar-refractivity contribution in [1.29, 1.82) is 0 Å². The largest absolute Gasteiger partial charge is 0.444 e. The molecule has 0 bridgehead atoms. The van der Waals surface area contributed by atoms with Gasteiger partial charge in [0.25, 0.3) is 0 Å². The molecule has 0 aliphatic carbocycles. The fourth-order valence-electron chi connectivity index (χ4n) is 1.98. The number of azide groups is 1. The lowest BCUT2D eigenvalue weighted by Crippen LogP contribution is -2.46. The lowest BCUT2D eigenvalue weighted by Gasteiger charge is -2.30. The first-order valence-corrected chi connectivity index (χ1v) is 6.03. The summed E-state index contributed by atoms with van der Waals surface area (Å²) in [6.07, 6.45) is 0.249. The van der Waals surface area contributed by atoms with Crippen molar-refractivity contribution in [3.8, 4) is 0 Å². The van der Waals surface area contributed by atoms with Gasteiger partial charge < -0.3 is 14.7 Å². The minimum absolute atomic E-state index is 0.0273. The highest BCUT2D eigenvalue weighted by atomic mass is 16.6. The molecule has 0 radical (unpaired) electrons. The summed E-state index contributed by atoms with van der Waals surface area (Å²) in [5.74, 6) is 0. The minimum atomic E-state index is -0.837. The second-order valence-corrected chi connectivity index (χ2v) is 5.36. The van der Waals surface area contributed by atoms with Gasteiger partial charge in [0.2, 0.25) is 0 Å². The lowest BCUT2D eigenvalue weighted by molar-refractivity contribution is 0.00672. The summed E-state index contributed by atoms with van der Waals surface area (Å²) in [5.41, 5.74) is 7.67. The van der Waals surface area contributed by atoms with Crippen molar-refractivity contribution in [2.75, 3.05) is 13.1 Å². The average molecular weight is 256 g/mol. The third-order valence-corrected chi connectivity index (χ3v) is 2.70. The first-order valence-electron chi connectivity index (χ1n) is 6.03. The molecule has 1 N–H and O–H groups in total. The summed E-state index contributed by atoms with van der Waals surface area (Å²) in [6, 6.07) is -0.328. The highest BCUT2D eigenvalue weighted by Crippen LogP contribution is 2.23. The standard InChI is InChI=1S/C11H20N4O3/c1-11(2,3)18-10(17)15-6-4-5-8(15)9(16)7-13-14-12/h8-9,16H,4-7H2,1-3H3/t8-,9+/m1/s1. The van der Waals surface area contributed by atoms with Crippen LogP contribution in [-0.4, -0.2) is 46.9 Å². The first-order chi connectivity index (χ1) is 8.35. The second kappa shape index (κ2) is 5.93. The molecule has 1 amide bonds. The number of rotatable bonds is 3. The van der Waals surface area contributed by atoms with Crippen LogP contribution in [0, 0.1) is 0 Å². The molecule has 1 heterocycles. The molecule has 1 saturated heterocycles. The van der Waals surface area contributed by atoms with Crippen LogP contribution in [0.2, 0.25) is 0 Å². The second-order valence-electron chi connectivity index (χ2n) is 5.36. The van der Waals surface area contributed by atoms with Crippen LogP contribution in [0.5, 0.6) is 0 Å². The molecular formula is C11H20N4O3. The van der Waals surface area contributed by atoms with Crippen LogP contribution in [0.3, 0.4) is 0 Å². The minimum Gasteiger partial charge on any atom is -0.444 e. The maximum atomic E-state index is 11.9. The Morgan fingerprint density at radius 3 is 2.89 bits per heavy atom. The zero-order valence-corrected chi connectivity index (χ0v) is 11.0. The summed E-state index contributed by atoms with van der Waals surface area (Å²) >= 11 is 0. The Balaban J connectivity index is 2.64. The van der Waals surface area contributed by atoms with Crippen molar-refractivity contribution in [1.82, 2.24) is 4.90 Å². The molecular weight excluding hydrogens is 236 g/mol. The van der Waals surface area contributed by atoms with E-state index in [9.17, 15) is 9.90 Å². The molecule has 0 aromatic carbocycles. The van der Waals surface area contributed by atoms with Gasteiger partial charge in [-0.3, -0.25) is 0 Å². The number of nitrogens with zero attached hydrogens (tertiary/aromatic N) is 4. The number of aliphatic hydroxyl groups is 1. The maximum absolute atomic E-state index is 11.9. The maximum Gasteiger partial charge on any atom is 0.410 e. The van der Waals surface area contributed by atoms with Crippen molar-refractivity contribution < 1.29 is 14.6 Å². The lowest BCUT2D eigenvalue weighted by atomic mass is 10.1. The van der Waals surface area contributed by atoms with Crippen molar-refractivity contribution >= 4 is 6.09 Å². The number of ether oxygens (including phenoxy) is 1. The van der Waals surface area contributed by atoms with E-state index in [-0.39, 0.29) is 12.6 Å². The van der Waals surface area contributed by atoms with Gasteiger partial charge in [-0.15, -0.1) is 0 Å². The third kappa shape index (κ3) is 4.09. The van der Waals surface area contributed by atoms with Crippen LogP contribution in [0.1, 0.15) is 33.6 Å². The third-order valence-electron chi connectivity index (χ3n) is 2.70. The Morgan fingerprint density at radius 1 is 1.67 bits per heavy atom. The molecule has 1 fully saturated rings. The van der Waals surface area contributed by atoms with Crippen molar-refractivity contribution in [3.63, 3.8) is 0 Å². The smallest absolute Gasteiger partial charge is 0.410 e. The van der Waals surface area contributed by atoms with Crippen molar-refractivity contribution in [3.05, 3.63) is 10.4 Å². The van der Waals surface area contributed by atoms with Gasteiger partial charge in [0, 0.05) is 11.5 Å². The van der Waals surface area contributed by atoms with Crippen LogP contribution in [0.15, 0.2) is 5.11 Å². The Bertz CT molecular complexity index is 347. The van der Waals surface area contributed by atoms with Crippen LogP contribution in [0.4, 0.5) is 4.79 Å². The molecule has 1 aliphatic heterocycles.